The van der Waals surface area contributed by atoms with Gasteiger partial charge in [0.2, 0.25) is 0 Å². The van der Waals surface area contributed by atoms with Crippen LogP contribution in [0.5, 0.6) is 5.75 Å². The monoisotopic (exact) mass is 519 g/mol. The highest BCUT2D eigenvalue weighted by Gasteiger charge is 2.47. The summed E-state index contributed by atoms with van der Waals surface area (Å²) >= 11 is 6.36. The van der Waals surface area contributed by atoms with E-state index in [4.69, 9.17) is 21.1 Å². The fourth-order valence-electron chi connectivity index (χ4n) is 4.52. The van der Waals surface area contributed by atoms with E-state index in [9.17, 15) is 19.5 Å². The van der Waals surface area contributed by atoms with Crippen molar-refractivity contribution in [3.63, 3.8) is 0 Å². The SMILES string of the molecule is CCOC(=O)c1ccc(N2C(=O)C(=O)/C(=C(/O)c3cc(C)cc(Cl)c3OC)C2c2ccccc2C)cc1. The highest BCUT2D eigenvalue weighted by atomic mass is 35.5. The largest absolute Gasteiger partial charge is 0.507 e. The molecule has 1 amide bonds. The third kappa shape index (κ3) is 4.70. The average Bonchev–Trinajstić information content (AvgIpc) is 3.13. The number of anilines is 1. The van der Waals surface area contributed by atoms with Crippen LogP contribution in [-0.2, 0) is 14.3 Å². The molecule has 1 saturated heterocycles. The van der Waals surface area contributed by atoms with Crippen LogP contribution in [0.15, 0.2) is 66.2 Å². The lowest BCUT2D eigenvalue weighted by Gasteiger charge is -2.27. The molecule has 1 fully saturated rings. The lowest BCUT2D eigenvalue weighted by molar-refractivity contribution is -0.132. The maximum absolute atomic E-state index is 13.5. The van der Waals surface area contributed by atoms with Gasteiger partial charge in [-0.2, -0.15) is 0 Å². The van der Waals surface area contributed by atoms with Gasteiger partial charge in [0.15, 0.2) is 0 Å². The number of Topliss-reactive ketones (excluding diaryl/α,β-unsaturated/α-hetero) is 1. The number of rotatable bonds is 6. The lowest BCUT2D eigenvalue weighted by atomic mass is 9.92. The van der Waals surface area contributed by atoms with E-state index in [1.54, 1.807) is 50.2 Å². The van der Waals surface area contributed by atoms with Crippen molar-refractivity contribution in [2.45, 2.75) is 26.8 Å². The molecule has 4 rings (SSSR count). The van der Waals surface area contributed by atoms with Gasteiger partial charge >= 0.3 is 5.97 Å². The first-order valence-electron chi connectivity index (χ1n) is 11.7. The van der Waals surface area contributed by atoms with Crippen molar-refractivity contribution in [1.29, 1.82) is 0 Å². The summed E-state index contributed by atoms with van der Waals surface area (Å²) in [5, 5.41) is 11.8. The van der Waals surface area contributed by atoms with Gasteiger partial charge in [-0.15, -0.1) is 0 Å². The summed E-state index contributed by atoms with van der Waals surface area (Å²) in [6.45, 7) is 5.60. The molecule has 37 heavy (non-hydrogen) atoms. The molecule has 0 aromatic heterocycles. The van der Waals surface area contributed by atoms with E-state index in [1.165, 1.54) is 24.1 Å². The molecular formula is C29H26ClNO6. The second kappa shape index (κ2) is 10.5. The Bertz CT molecular complexity index is 1430. The molecule has 1 unspecified atom stereocenters. The van der Waals surface area contributed by atoms with Crippen molar-refractivity contribution in [3.8, 4) is 5.75 Å². The molecule has 8 heteroatoms. The van der Waals surface area contributed by atoms with Crippen molar-refractivity contribution in [1.82, 2.24) is 0 Å². The molecule has 1 atom stereocenters. The predicted molar refractivity (Wildman–Crippen MR) is 141 cm³/mol. The van der Waals surface area contributed by atoms with E-state index in [1.807, 2.05) is 19.1 Å². The smallest absolute Gasteiger partial charge is 0.338 e. The number of esters is 1. The van der Waals surface area contributed by atoms with E-state index < -0.39 is 23.7 Å². The number of aryl methyl sites for hydroxylation is 2. The summed E-state index contributed by atoms with van der Waals surface area (Å²) < 4.78 is 10.5. The van der Waals surface area contributed by atoms with Crippen LogP contribution in [0.4, 0.5) is 5.69 Å². The zero-order chi connectivity index (χ0) is 26.9. The summed E-state index contributed by atoms with van der Waals surface area (Å²) in [6, 6.07) is 15.9. The van der Waals surface area contributed by atoms with Crippen molar-refractivity contribution >= 4 is 40.7 Å². The van der Waals surface area contributed by atoms with Crippen LogP contribution in [0.25, 0.3) is 5.76 Å². The normalized spacial score (nSPS) is 16.7. The van der Waals surface area contributed by atoms with Crippen molar-refractivity contribution in [3.05, 3.63) is 99.1 Å². The number of benzene rings is 3. The third-order valence-corrected chi connectivity index (χ3v) is 6.51. The maximum atomic E-state index is 13.5. The van der Waals surface area contributed by atoms with Gasteiger partial charge in [0, 0.05) is 5.69 Å². The molecule has 0 bridgehead atoms. The van der Waals surface area contributed by atoms with Crippen LogP contribution in [0, 0.1) is 13.8 Å². The van der Waals surface area contributed by atoms with E-state index >= 15 is 0 Å². The first-order valence-corrected chi connectivity index (χ1v) is 12.1. The molecule has 0 aliphatic carbocycles. The van der Waals surface area contributed by atoms with Crippen LogP contribution in [0.2, 0.25) is 5.02 Å². The van der Waals surface area contributed by atoms with Gasteiger partial charge in [-0.1, -0.05) is 35.9 Å². The summed E-state index contributed by atoms with van der Waals surface area (Å²) in [7, 11) is 1.41. The van der Waals surface area contributed by atoms with Crippen LogP contribution in [0.3, 0.4) is 0 Å². The molecule has 1 N–H and O–H groups in total. The number of carbonyl (C=O) groups excluding carboxylic acids is 3. The molecular weight excluding hydrogens is 494 g/mol. The minimum atomic E-state index is -0.932. The topological polar surface area (TPSA) is 93.1 Å². The maximum Gasteiger partial charge on any atom is 0.338 e. The number of halogens is 1. The summed E-state index contributed by atoms with van der Waals surface area (Å²) in [4.78, 5) is 40.4. The van der Waals surface area contributed by atoms with Crippen LogP contribution in [0.1, 0.15) is 45.6 Å². The summed E-state index contributed by atoms with van der Waals surface area (Å²) in [5.74, 6) is -2.34. The standard InChI is InChI=1S/C29H26ClNO6/c1-5-37-29(35)18-10-12-19(13-11-18)31-24(20-9-7-6-8-17(20)3)23(26(33)28(31)34)25(32)21-14-16(2)15-22(30)27(21)36-4/h6-15,24,32H,5H2,1-4H3/b25-23+. The number of methoxy groups -OCH3 is 1. The number of nitrogens with zero attached hydrogens (tertiary/aromatic N) is 1. The van der Waals surface area contributed by atoms with Crippen LogP contribution >= 0.6 is 11.6 Å². The van der Waals surface area contributed by atoms with Gasteiger partial charge in [0.05, 0.1) is 41.5 Å². The Morgan fingerprint density at radius 2 is 1.73 bits per heavy atom. The molecule has 190 valence electrons. The van der Waals surface area contributed by atoms with E-state index in [0.717, 1.165) is 11.1 Å². The number of hydrogen-bond donors (Lipinski definition) is 1. The number of aliphatic hydroxyl groups is 1. The number of ether oxygens (including phenoxy) is 2. The van der Waals surface area contributed by atoms with Crippen molar-refractivity contribution < 1.29 is 29.0 Å². The number of hydrogen-bond acceptors (Lipinski definition) is 6. The van der Waals surface area contributed by atoms with Crippen LogP contribution < -0.4 is 9.64 Å². The number of carbonyl (C=O) groups is 3. The summed E-state index contributed by atoms with van der Waals surface area (Å²) in [6.07, 6.45) is 0. The lowest BCUT2D eigenvalue weighted by Crippen LogP contribution is -2.29. The summed E-state index contributed by atoms with van der Waals surface area (Å²) in [5.41, 5.74) is 3.04. The minimum Gasteiger partial charge on any atom is -0.507 e. The molecule has 3 aromatic carbocycles. The first kappa shape index (κ1) is 26.0. The molecule has 1 heterocycles. The highest BCUT2D eigenvalue weighted by molar-refractivity contribution is 6.51. The molecule has 3 aromatic rings. The quantitative estimate of drug-likeness (QED) is 0.192. The van der Waals surface area contributed by atoms with Gasteiger partial charge < -0.3 is 14.6 Å². The molecule has 7 nitrogen and oxygen atoms in total. The van der Waals surface area contributed by atoms with Gasteiger partial charge in [0.25, 0.3) is 11.7 Å². The zero-order valence-corrected chi connectivity index (χ0v) is 21.6. The Morgan fingerprint density at radius 3 is 2.35 bits per heavy atom. The average molecular weight is 520 g/mol. The fourth-order valence-corrected chi connectivity index (χ4v) is 4.87. The Hall–Kier alpha value is -4.10. The van der Waals surface area contributed by atoms with E-state index in [-0.39, 0.29) is 34.3 Å². The van der Waals surface area contributed by atoms with Gasteiger partial charge in [-0.05, 0) is 73.9 Å². The van der Waals surface area contributed by atoms with E-state index in [0.29, 0.717) is 16.8 Å². The Balaban J connectivity index is 1.94. The Morgan fingerprint density at radius 1 is 1.05 bits per heavy atom. The molecule has 0 saturated carbocycles. The molecule has 1 aliphatic rings. The highest BCUT2D eigenvalue weighted by Crippen LogP contribution is 2.45. The van der Waals surface area contributed by atoms with Gasteiger partial charge in [-0.3, -0.25) is 14.5 Å². The predicted octanol–water partition coefficient (Wildman–Crippen LogP) is 5.77. The minimum absolute atomic E-state index is 0.0891. The zero-order valence-electron chi connectivity index (χ0n) is 20.9. The number of amides is 1. The first-order chi connectivity index (χ1) is 17.7. The molecule has 0 radical (unpaired) electrons. The molecule has 1 aliphatic heterocycles. The van der Waals surface area contributed by atoms with E-state index in [2.05, 4.69) is 0 Å². The molecule has 0 spiro atoms. The number of aliphatic hydroxyl groups excluding tert-OH is 1. The Kier molecular flexibility index (Phi) is 7.36. The van der Waals surface area contributed by atoms with Crippen LogP contribution in [-0.4, -0.2) is 36.5 Å². The fraction of sp³-hybridized carbons (Fsp3) is 0.207. The third-order valence-electron chi connectivity index (χ3n) is 6.23. The Labute approximate surface area is 219 Å². The second-order valence-electron chi connectivity index (χ2n) is 8.62. The van der Waals surface area contributed by atoms with Gasteiger partial charge in [0.1, 0.15) is 11.5 Å². The second-order valence-corrected chi connectivity index (χ2v) is 9.03. The van der Waals surface area contributed by atoms with Crippen molar-refractivity contribution in [2.75, 3.05) is 18.6 Å². The van der Waals surface area contributed by atoms with Gasteiger partial charge in [-0.25, -0.2) is 4.79 Å². The van der Waals surface area contributed by atoms with Crippen molar-refractivity contribution in [2.24, 2.45) is 0 Å². The number of ketones is 1.